The van der Waals surface area contributed by atoms with Gasteiger partial charge in [0.1, 0.15) is 0 Å². The number of rotatable bonds is 3. The fraction of sp³-hybridized carbons (Fsp3) is 0.154. The first-order valence-electron chi connectivity index (χ1n) is 5.50. The third-order valence-corrected chi connectivity index (χ3v) is 2.54. The second-order valence-electron chi connectivity index (χ2n) is 3.91. The molecule has 0 saturated carbocycles. The summed E-state index contributed by atoms with van der Waals surface area (Å²) in [6, 6.07) is 6.48. The number of nitrogens with zero attached hydrogens (tertiary/aromatic N) is 2. The molecular formula is C13H13N3O2. The van der Waals surface area contributed by atoms with Crippen molar-refractivity contribution in [2.45, 2.75) is 6.54 Å². The van der Waals surface area contributed by atoms with Crippen LogP contribution in [0.25, 0.3) is 0 Å². The molecule has 0 aliphatic rings. The zero-order valence-corrected chi connectivity index (χ0v) is 9.96. The molecule has 5 heteroatoms. The predicted molar refractivity (Wildman–Crippen MR) is 67.1 cm³/mol. The van der Waals surface area contributed by atoms with Crippen LogP contribution in [0.5, 0.6) is 0 Å². The lowest BCUT2D eigenvalue weighted by molar-refractivity contribution is 0.0950. The molecule has 0 aromatic carbocycles. The number of aromatic nitrogens is 2. The topological polar surface area (TPSA) is 64.0 Å². The molecule has 0 saturated heterocycles. The van der Waals surface area contributed by atoms with Crippen LogP contribution >= 0.6 is 0 Å². The van der Waals surface area contributed by atoms with Crippen molar-refractivity contribution < 1.29 is 4.79 Å². The van der Waals surface area contributed by atoms with Crippen molar-refractivity contribution in [3.05, 3.63) is 64.3 Å². The molecular weight excluding hydrogens is 230 g/mol. The van der Waals surface area contributed by atoms with E-state index < -0.39 is 0 Å². The van der Waals surface area contributed by atoms with Crippen molar-refractivity contribution in [1.29, 1.82) is 0 Å². The van der Waals surface area contributed by atoms with Crippen LogP contribution in [0.2, 0.25) is 0 Å². The number of nitrogens with one attached hydrogen (secondary N) is 1. The van der Waals surface area contributed by atoms with E-state index in [9.17, 15) is 9.59 Å². The van der Waals surface area contributed by atoms with Crippen LogP contribution in [-0.4, -0.2) is 15.5 Å². The van der Waals surface area contributed by atoms with E-state index in [1.165, 1.54) is 10.6 Å². The molecule has 0 spiro atoms. The van der Waals surface area contributed by atoms with E-state index in [2.05, 4.69) is 10.3 Å². The number of aryl methyl sites for hydroxylation is 1. The quantitative estimate of drug-likeness (QED) is 0.863. The Morgan fingerprint density at radius 1 is 1.28 bits per heavy atom. The fourth-order valence-electron chi connectivity index (χ4n) is 1.54. The van der Waals surface area contributed by atoms with Gasteiger partial charge in [-0.25, -0.2) is 0 Å². The summed E-state index contributed by atoms with van der Waals surface area (Å²) in [6.07, 6.45) is 4.84. The Morgan fingerprint density at radius 2 is 2.00 bits per heavy atom. The maximum atomic E-state index is 11.8. The average Bonchev–Trinajstić information content (AvgIpc) is 2.41. The van der Waals surface area contributed by atoms with Crippen molar-refractivity contribution in [1.82, 2.24) is 14.9 Å². The van der Waals surface area contributed by atoms with Gasteiger partial charge in [0.05, 0.1) is 0 Å². The Morgan fingerprint density at radius 3 is 2.67 bits per heavy atom. The van der Waals surface area contributed by atoms with E-state index in [4.69, 9.17) is 0 Å². The van der Waals surface area contributed by atoms with Crippen LogP contribution in [0.4, 0.5) is 0 Å². The highest BCUT2D eigenvalue weighted by Crippen LogP contribution is 1.98. The van der Waals surface area contributed by atoms with Gasteiger partial charge in [0.15, 0.2) is 0 Å². The van der Waals surface area contributed by atoms with Gasteiger partial charge in [-0.2, -0.15) is 0 Å². The highest BCUT2D eigenvalue weighted by atomic mass is 16.1. The molecule has 2 aromatic rings. The summed E-state index contributed by atoms with van der Waals surface area (Å²) in [5.41, 5.74) is 1.37. The Labute approximate surface area is 104 Å². The first-order chi connectivity index (χ1) is 8.66. The van der Waals surface area contributed by atoms with Gasteiger partial charge in [-0.05, 0) is 17.7 Å². The number of hydrogen-bond acceptors (Lipinski definition) is 3. The fourth-order valence-corrected chi connectivity index (χ4v) is 1.54. The van der Waals surface area contributed by atoms with E-state index in [0.717, 1.165) is 5.56 Å². The first-order valence-corrected chi connectivity index (χ1v) is 5.50. The van der Waals surface area contributed by atoms with Gasteiger partial charge < -0.3 is 9.88 Å². The summed E-state index contributed by atoms with van der Waals surface area (Å²) in [5.74, 6) is -0.161. The molecule has 0 aliphatic heterocycles. The smallest absolute Gasteiger partial charge is 0.251 e. The Bertz CT molecular complexity index is 605. The summed E-state index contributed by atoms with van der Waals surface area (Å²) < 4.78 is 1.48. The van der Waals surface area contributed by atoms with Gasteiger partial charge in [-0.1, -0.05) is 6.07 Å². The number of pyridine rings is 2. The molecule has 1 N–H and O–H groups in total. The summed E-state index contributed by atoms with van der Waals surface area (Å²) in [7, 11) is 1.68. The summed E-state index contributed by atoms with van der Waals surface area (Å²) in [5, 5.41) is 2.78. The lowest BCUT2D eigenvalue weighted by Crippen LogP contribution is -2.24. The molecule has 5 nitrogen and oxygen atoms in total. The lowest BCUT2D eigenvalue weighted by Gasteiger charge is -2.06. The molecule has 0 radical (unpaired) electrons. The minimum Gasteiger partial charge on any atom is -0.348 e. The van der Waals surface area contributed by atoms with Crippen molar-refractivity contribution >= 4 is 5.91 Å². The molecule has 2 rings (SSSR count). The first kappa shape index (κ1) is 12.0. The minimum absolute atomic E-state index is 0.0702. The predicted octanol–water partition coefficient (Wildman–Crippen LogP) is 0.710. The molecule has 2 aromatic heterocycles. The molecule has 2 heterocycles. The lowest BCUT2D eigenvalue weighted by atomic mass is 10.2. The van der Waals surface area contributed by atoms with E-state index in [1.807, 2.05) is 0 Å². The van der Waals surface area contributed by atoms with Crippen molar-refractivity contribution in [2.75, 3.05) is 0 Å². The zero-order valence-electron chi connectivity index (χ0n) is 9.96. The summed E-state index contributed by atoms with van der Waals surface area (Å²) >= 11 is 0. The van der Waals surface area contributed by atoms with E-state index in [-0.39, 0.29) is 11.5 Å². The van der Waals surface area contributed by atoms with Crippen molar-refractivity contribution in [3.8, 4) is 0 Å². The maximum Gasteiger partial charge on any atom is 0.251 e. The third kappa shape index (κ3) is 2.82. The Kier molecular flexibility index (Phi) is 3.52. The maximum absolute atomic E-state index is 11.8. The van der Waals surface area contributed by atoms with Gasteiger partial charge in [-0.3, -0.25) is 14.6 Å². The van der Waals surface area contributed by atoms with Crippen LogP contribution in [0.3, 0.4) is 0 Å². The molecule has 0 fully saturated rings. The van der Waals surface area contributed by atoms with Gasteiger partial charge in [0.2, 0.25) is 5.56 Å². The second kappa shape index (κ2) is 5.27. The van der Waals surface area contributed by atoms with E-state index >= 15 is 0 Å². The van der Waals surface area contributed by atoms with Crippen LogP contribution in [0, 0.1) is 0 Å². The Hall–Kier alpha value is -2.43. The zero-order chi connectivity index (χ0) is 13.0. The van der Waals surface area contributed by atoms with E-state index in [1.54, 1.807) is 43.8 Å². The number of carbonyl (C=O) groups excluding carboxylic acids is 1. The summed E-state index contributed by atoms with van der Waals surface area (Å²) in [6.45, 7) is 0.384. The van der Waals surface area contributed by atoms with E-state index in [0.29, 0.717) is 12.1 Å². The molecule has 0 bridgehead atoms. The van der Waals surface area contributed by atoms with Crippen LogP contribution in [-0.2, 0) is 13.6 Å². The molecule has 92 valence electrons. The molecule has 1 amide bonds. The van der Waals surface area contributed by atoms with Gasteiger partial charge in [0.25, 0.3) is 5.91 Å². The minimum atomic E-state index is -0.161. The SMILES string of the molecule is Cn1cc(CNC(=O)c2ccncc2)ccc1=O. The van der Waals surface area contributed by atoms with Crippen LogP contribution < -0.4 is 10.9 Å². The number of amides is 1. The molecule has 0 unspecified atom stereocenters. The monoisotopic (exact) mass is 243 g/mol. The third-order valence-electron chi connectivity index (χ3n) is 2.54. The van der Waals surface area contributed by atoms with Crippen molar-refractivity contribution in [2.24, 2.45) is 7.05 Å². The Balaban J connectivity index is 2.02. The largest absolute Gasteiger partial charge is 0.348 e. The van der Waals surface area contributed by atoms with Gasteiger partial charge in [0, 0.05) is 43.8 Å². The highest BCUT2D eigenvalue weighted by molar-refractivity contribution is 5.93. The highest BCUT2D eigenvalue weighted by Gasteiger charge is 2.04. The molecule has 0 aliphatic carbocycles. The van der Waals surface area contributed by atoms with Gasteiger partial charge in [-0.15, -0.1) is 0 Å². The molecule has 0 atom stereocenters. The molecule has 18 heavy (non-hydrogen) atoms. The second-order valence-corrected chi connectivity index (χ2v) is 3.91. The van der Waals surface area contributed by atoms with Crippen LogP contribution in [0.15, 0.2) is 47.7 Å². The normalized spacial score (nSPS) is 10.1. The van der Waals surface area contributed by atoms with Gasteiger partial charge >= 0.3 is 0 Å². The van der Waals surface area contributed by atoms with Crippen molar-refractivity contribution in [3.63, 3.8) is 0 Å². The number of hydrogen-bond donors (Lipinski definition) is 1. The summed E-state index contributed by atoms with van der Waals surface area (Å²) in [4.78, 5) is 26.8. The van der Waals surface area contributed by atoms with Crippen LogP contribution in [0.1, 0.15) is 15.9 Å². The standard InChI is InChI=1S/C13H13N3O2/c1-16-9-10(2-3-12(16)17)8-15-13(18)11-4-6-14-7-5-11/h2-7,9H,8H2,1H3,(H,15,18). The number of carbonyl (C=O) groups is 1. The average molecular weight is 243 g/mol.